The molecule has 3 saturated carbocycles. The van der Waals surface area contributed by atoms with E-state index in [1.54, 1.807) is 0 Å². The molecule has 4 heteroatoms. The highest BCUT2D eigenvalue weighted by Crippen LogP contribution is 2.65. The summed E-state index contributed by atoms with van der Waals surface area (Å²) in [5.41, 5.74) is 1.73. The van der Waals surface area contributed by atoms with Crippen LogP contribution in [0.2, 0.25) is 0 Å². The zero-order valence-corrected chi connectivity index (χ0v) is 16.5. The van der Waals surface area contributed by atoms with Gasteiger partial charge in [0.15, 0.2) is 0 Å². The van der Waals surface area contributed by atoms with Crippen LogP contribution in [0.4, 0.5) is 0 Å². The van der Waals surface area contributed by atoms with Crippen molar-refractivity contribution >= 4 is 5.97 Å². The minimum absolute atomic E-state index is 0.320. The minimum atomic E-state index is -0.521. The van der Waals surface area contributed by atoms with Crippen LogP contribution in [0.3, 0.4) is 0 Å². The predicted molar refractivity (Wildman–Crippen MR) is 105 cm³/mol. The third-order valence-corrected chi connectivity index (χ3v) is 8.52. The maximum atomic E-state index is 11.5. The van der Waals surface area contributed by atoms with Crippen molar-refractivity contribution in [3.63, 3.8) is 0 Å². The van der Waals surface area contributed by atoms with Gasteiger partial charge >= 0.3 is 5.97 Å². The standard InChI is InChI=1S/C23H31NO3/c1-4-16-7-9-20-18-8-6-15-12-21(24-26)22(27-14(3)25)13-19(15)17(18)10-11-23(16,20)5-2/h1,12,16-22H,5-11,13H2,2-3H3/t16-,17+,18-,19+,20+,21?,22?,23-/m1/s1. The lowest BCUT2D eigenvalue weighted by atomic mass is 9.50. The van der Waals surface area contributed by atoms with E-state index in [-0.39, 0.29) is 5.97 Å². The van der Waals surface area contributed by atoms with Crippen LogP contribution in [0.15, 0.2) is 16.8 Å². The van der Waals surface area contributed by atoms with Gasteiger partial charge in [-0.05, 0) is 80.5 Å². The molecule has 0 aromatic heterocycles. The molecule has 0 amide bonds. The Balaban J connectivity index is 1.61. The van der Waals surface area contributed by atoms with Crippen molar-refractivity contribution < 1.29 is 9.53 Å². The second-order valence-electron chi connectivity index (χ2n) is 9.22. The highest BCUT2D eigenvalue weighted by atomic mass is 16.5. The van der Waals surface area contributed by atoms with Crippen molar-refractivity contribution in [2.75, 3.05) is 0 Å². The molecule has 0 aromatic carbocycles. The van der Waals surface area contributed by atoms with E-state index in [1.807, 2.05) is 6.08 Å². The molecule has 2 unspecified atom stereocenters. The molecule has 4 aliphatic carbocycles. The highest BCUT2D eigenvalue weighted by Gasteiger charge is 2.57. The Hall–Kier alpha value is -1.63. The van der Waals surface area contributed by atoms with Crippen LogP contribution in [0, 0.1) is 52.3 Å². The van der Waals surface area contributed by atoms with E-state index >= 15 is 0 Å². The van der Waals surface area contributed by atoms with Crippen molar-refractivity contribution in [1.82, 2.24) is 0 Å². The smallest absolute Gasteiger partial charge is 0.302 e. The average Bonchev–Trinajstić information content (AvgIpc) is 3.06. The Kier molecular flexibility index (Phi) is 4.91. The number of allylic oxidation sites excluding steroid dienone is 1. The fourth-order valence-electron chi connectivity index (χ4n) is 7.45. The van der Waals surface area contributed by atoms with Gasteiger partial charge in [0.05, 0.1) is 0 Å². The first kappa shape index (κ1) is 18.7. The van der Waals surface area contributed by atoms with Crippen LogP contribution in [0.25, 0.3) is 0 Å². The van der Waals surface area contributed by atoms with Crippen molar-refractivity contribution in [3.8, 4) is 12.3 Å². The summed E-state index contributed by atoms with van der Waals surface area (Å²) in [6.45, 7) is 3.74. The number of terminal acetylenes is 1. The maximum absolute atomic E-state index is 11.5. The second kappa shape index (κ2) is 7.08. The number of rotatable bonds is 3. The summed E-state index contributed by atoms with van der Waals surface area (Å²) < 4.78 is 5.48. The SMILES string of the molecule is C#C[C@@H]1CC[C@H]2[C@@H]3CCC4=CC(N=O)C(OC(C)=O)C[C@@H]4[C@H]3CC[C@]12CC. The molecule has 0 spiro atoms. The van der Waals surface area contributed by atoms with E-state index in [2.05, 4.69) is 18.0 Å². The monoisotopic (exact) mass is 369 g/mol. The number of ether oxygens (including phenoxy) is 1. The molecule has 27 heavy (non-hydrogen) atoms. The molecule has 0 N–H and O–H groups in total. The van der Waals surface area contributed by atoms with Gasteiger partial charge in [-0.3, -0.25) is 4.79 Å². The van der Waals surface area contributed by atoms with Crippen LogP contribution >= 0.6 is 0 Å². The second-order valence-corrected chi connectivity index (χ2v) is 9.22. The number of hydrogen-bond donors (Lipinski definition) is 0. The minimum Gasteiger partial charge on any atom is -0.460 e. The van der Waals surface area contributed by atoms with E-state index in [9.17, 15) is 9.70 Å². The molecular weight excluding hydrogens is 338 g/mol. The molecule has 0 bridgehead atoms. The number of esters is 1. The highest BCUT2D eigenvalue weighted by molar-refractivity contribution is 5.66. The summed E-state index contributed by atoms with van der Waals surface area (Å²) in [5.74, 6) is 5.78. The van der Waals surface area contributed by atoms with Gasteiger partial charge in [0.25, 0.3) is 0 Å². The fourth-order valence-corrected chi connectivity index (χ4v) is 7.45. The molecule has 0 saturated heterocycles. The largest absolute Gasteiger partial charge is 0.460 e. The normalized spacial score (nSPS) is 45.5. The third-order valence-electron chi connectivity index (χ3n) is 8.52. The fraction of sp³-hybridized carbons (Fsp3) is 0.783. The van der Waals surface area contributed by atoms with E-state index in [4.69, 9.17) is 11.2 Å². The summed E-state index contributed by atoms with van der Waals surface area (Å²) in [5, 5.41) is 3.25. The van der Waals surface area contributed by atoms with Gasteiger partial charge < -0.3 is 4.74 Å². The third kappa shape index (κ3) is 2.85. The molecule has 8 atom stereocenters. The number of hydrogen-bond acceptors (Lipinski definition) is 4. The summed E-state index contributed by atoms with van der Waals surface area (Å²) in [6, 6.07) is -0.521. The van der Waals surface area contributed by atoms with Crippen LogP contribution in [-0.2, 0) is 9.53 Å². The Morgan fingerprint density at radius 1 is 1.33 bits per heavy atom. The molecule has 4 rings (SSSR count). The number of nitroso groups, excluding NO2 is 1. The lowest BCUT2D eigenvalue weighted by molar-refractivity contribution is -0.148. The van der Waals surface area contributed by atoms with Gasteiger partial charge in [-0.1, -0.05) is 23.7 Å². The molecule has 0 heterocycles. The summed E-state index contributed by atoms with van der Waals surface area (Å²) in [6.07, 6.45) is 16.6. The van der Waals surface area contributed by atoms with Gasteiger partial charge in [-0.25, -0.2) is 0 Å². The van der Waals surface area contributed by atoms with Gasteiger partial charge in [0, 0.05) is 12.8 Å². The zero-order chi connectivity index (χ0) is 19.2. The van der Waals surface area contributed by atoms with Crippen molar-refractivity contribution in [3.05, 3.63) is 16.6 Å². The topological polar surface area (TPSA) is 55.7 Å². The Morgan fingerprint density at radius 2 is 2.15 bits per heavy atom. The lowest BCUT2D eigenvalue weighted by Gasteiger charge is -2.55. The number of fused-ring (bicyclic) bond motifs is 5. The summed E-state index contributed by atoms with van der Waals surface area (Å²) >= 11 is 0. The van der Waals surface area contributed by atoms with Crippen LogP contribution in [0.1, 0.15) is 65.2 Å². The van der Waals surface area contributed by atoms with E-state index in [0.717, 1.165) is 24.7 Å². The molecule has 4 nitrogen and oxygen atoms in total. The Morgan fingerprint density at radius 3 is 2.81 bits per heavy atom. The first-order chi connectivity index (χ1) is 13.0. The number of carbonyl (C=O) groups excluding carboxylic acids is 1. The number of carbonyl (C=O) groups is 1. The van der Waals surface area contributed by atoms with E-state index < -0.39 is 12.1 Å². The van der Waals surface area contributed by atoms with Gasteiger partial charge in [0.1, 0.15) is 12.1 Å². The molecule has 4 aliphatic rings. The Bertz CT molecular complexity index is 692. The quantitative estimate of drug-likeness (QED) is 0.308. The molecule has 3 fully saturated rings. The zero-order valence-electron chi connectivity index (χ0n) is 16.5. The van der Waals surface area contributed by atoms with Gasteiger partial charge in [0.2, 0.25) is 0 Å². The lowest BCUT2D eigenvalue weighted by Crippen LogP contribution is -2.49. The van der Waals surface area contributed by atoms with Crippen molar-refractivity contribution in [2.45, 2.75) is 77.4 Å². The molecule has 146 valence electrons. The number of nitrogens with zero attached hydrogens (tertiary/aromatic N) is 1. The van der Waals surface area contributed by atoms with Gasteiger partial charge in [-0.15, -0.1) is 12.3 Å². The molecular formula is C23H31NO3. The van der Waals surface area contributed by atoms with Crippen molar-refractivity contribution in [1.29, 1.82) is 0 Å². The summed E-state index contributed by atoms with van der Waals surface area (Å²) in [7, 11) is 0. The first-order valence-corrected chi connectivity index (χ1v) is 10.7. The average molecular weight is 370 g/mol. The molecule has 0 aliphatic heterocycles. The molecule has 0 radical (unpaired) electrons. The Labute approximate surface area is 162 Å². The van der Waals surface area contributed by atoms with Crippen LogP contribution < -0.4 is 0 Å². The van der Waals surface area contributed by atoms with Crippen LogP contribution in [-0.4, -0.2) is 18.1 Å². The van der Waals surface area contributed by atoms with Gasteiger partial charge in [-0.2, -0.15) is 4.91 Å². The van der Waals surface area contributed by atoms with Crippen LogP contribution in [0.5, 0.6) is 0 Å². The predicted octanol–water partition coefficient (Wildman–Crippen LogP) is 4.88. The first-order valence-electron chi connectivity index (χ1n) is 10.7. The molecule has 0 aromatic rings. The maximum Gasteiger partial charge on any atom is 0.302 e. The van der Waals surface area contributed by atoms with E-state index in [0.29, 0.717) is 23.2 Å². The summed E-state index contributed by atoms with van der Waals surface area (Å²) in [4.78, 5) is 22.8. The van der Waals surface area contributed by atoms with Crippen molar-refractivity contribution in [2.24, 2.45) is 40.2 Å². The van der Waals surface area contributed by atoms with E-state index in [1.165, 1.54) is 51.0 Å².